The van der Waals surface area contributed by atoms with Crippen molar-refractivity contribution in [2.24, 2.45) is 0 Å². The van der Waals surface area contributed by atoms with Crippen molar-refractivity contribution in [3.8, 4) is 0 Å². The van der Waals surface area contributed by atoms with Gasteiger partial charge in [0, 0.05) is 18.8 Å². The lowest BCUT2D eigenvalue weighted by Gasteiger charge is -2.24. The van der Waals surface area contributed by atoms with Gasteiger partial charge in [0.15, 0.2) is 0 Å². The van der Waals surface area contributed by atoms with Gasteiger partial charge < -0.3 is 10.0 Å². The van der Waals surface area contributed by atoms with Crippen LogP contribution in [0.15, 0.2) is 29.2 Å². The van der Waals surface area contributed by atoms with Crippen LogP contribution < -0.4 is 4.90 Å². The number of benzene rings is 1. The minimum absolute atomic E-state index is 0.0910. The highest BCUT2D eigenvalue weighted by Gasteiger charge is 2.46. The number of anilines is 1. The number of alkyl halides is 3. The Labute approximate surface area is 122 Å². The lowest BCUT2D eigenvalue weighted by Crippen LogP contribution is -2.28. The zero-order chi connectivity index (χ0) is 16.1. The molecule has 21 heavy (non-hydrogen) atoms. The summed E-state index contributed by atoms with van der Waals surface area (Å²) in [5.41, 5.74) is -4.72. The Morgan fingerprint density at radius 1 is 1.14 bits per heavy atom. The van der Waals surface area contributed by atoms with E-state index in [4.69, 9.17) is 5.11 Å². The van der Waals surface area contributed by atoms with E-state index in [1.165, 1.54) is 12.1 Å². The third-order valence-electron chi connectivity index (χ3n) is 2.97. The van der Waals surface area contributed by atoms with Crippen LogP contribution in [-0.4, -0.2) is 38.7 Å². The highest BCUT2D eigenvalue weighted by atomic mass is 32.2. The second kappa shape index (κ2) is 7.13. The Morgan fingerprint density at radius 3 is 2.14 bits per heavy atom. The maximum atomic E-state index is 12.4. The molecule has 0 aromatic heterocycles. The third-order valence-corrected chi connectivity index (χ3v) is 4.47. The Kier molecular flexibility index (Phi) is 6.03. The van der Waals surface area contributed by atoms with E-state index in [1.54, 1.807) is 4.90 Å². The normalized spacial score (nSPS) is 12.4. The van der Waals surface area contributed by atoms with Crippen LogP contribution in [0.4, 0.5) is 18.9 Å². The number of rotatable bonds is 7. The first-order valence-electron chi connectivity index (χ1n) is 6.51. The fourth-order valence-electron chi connectivity index (χ4n) is 1.81. The number of sulfone groups is 1. The van der Waals surface area contributed by atoms with Gasteiger partial charge in [0.05, 0.1) is 11.5 Å². The van der Waals surface area contributed by atoms with Crippen molar-refractivity contribution >= 4 is 15.5 Å². The van der Waals surface area contributed by atoms with Gasteiger partial charge in [0.1, 0.15) is 0 Å². The molecule has 0 radical (unpaired) electrons. The van der Waals surface area contributed by atoms with Crippen molar-refractivity contribution in [1.29, 1.82) is 0 Å². The molecule has 1 aromatic rings. The summed E-state index contributed by atoms with van der Waals surface area (Å²) in [6.45, 7) is 2.89. The van der Waals surface area contributed by atoms with E-state index >= 15 is 0 Å². The highest BCUT2D eigenvalue weighted by Crippen LogP contribution is 2.31. The second-order valence-corrected chi connectivity index (χ2v) is 6.45. The average molecular weight is 325 g/mol. The SMILES string of the molecule is CCCCN(CCO)c1ccc(S(=O)(=O)C(F)(F)F)cc1. The van der Waals surface area contributed by atoms with E-state index in [-0.39, 0.29) is 6.61 Å². The number of hydrogen-bond donors (Lipinski definition) is 1. The van der Waals surface area contributed by atoms with Crippen molar-refractivity contribution in [2.45, 2.75) is 30.2 Å². The van der Waals surface area contributed by atoms with Gasteiger partial charge in [0.25, 0.3) is 9.84 Å². The van der Waals surface area contributed by atoms with Crippen LogP contribution >= 0.6 is 0 Å². The molecule has 1 rings (SSSR count). The topological polar surface area (TPSA) is 57.6 Å². The summed E-state index contributed by atoms with van der Waals surface area (Å²) in [6.07, 6.45) is 1.80. The molecule has 0 saturated carbocycles. The van der Waals surface area contributed by atoms with Gasteiger partial charge in [-0.05, 0) is 30.7 Å². The quantitative estimate of drug-likeness (QED) is 0.837. The summed E-state index contributed by atoms with van der Waals surface area (Å²) in [4.78, 5) is 1.02. The van der Waals surface area contributed by atoms with Crippen LogP contribution in [-0.2, 0) is 9.84 Å². The number of aliphatic hydroxyl groups excluding tert-OH is 1. The van der Waals surface area contributed by atoms with Crippen molar-refractivity contribution in [2.75, 3.05) is 24.6 Å². The van der Waals surface area contributed by atoms with Gasteiger partial charge in [0.2, 0.25) is 0 Å². The summed E-state index contributed by atoms with van der Waals surface area (Å²) in [5.74, 6) is 0. The highest BCUT2D eigenvalue weighted by molar-refractivity contribution is 7.92. The smallest absolute Gasteiger partial charge is 0.395 e. The molecule has 8 heteroatoms. The van der Waals surface area contributed by atoms with Crippen molar-refractivity contribution in [3.63, 3.8) is 0 Å². The van der Waals surface area contributed by atoms with Crippen LogP contribution in [0.5, 0.6) is 0 Å². The molecule has 0 saturated heterocycles. The Morgan fingerprint density at radius 2 is 1.71 bits per heavy atom. The number of unbranched alkanes of at least 4 members (excludes halogenated alkanes) is 1. The Balaban J connectivity index is 3.00. The zero-order valence-electron chi connectivity index (χ0n) is 11.6. The van der Waals surface area contributed by atoms with Gasteiger partial charge >= 0.3 is 5.51 Å². The summed E-state index contributed by atoms with van der Waals surface area (Å²) in [7, 11) is -5.32. The second-order valence-electron chi connectivity index (χ2n) is 4.51. The number of aliphatic hydroxyl groups is 1. The molecule has 0 spiro atoms. The molecule has 0 heterocycles. The van der Waals surface area contributed by atoms with E-state index in [2.05, 4.69) is 0 Å². The van der Waals surface area contributed by atoms with Crippen LogP contribution in [0.25, 0.3) is 0 Å². The first-order valence-corrected chi connectivity index (χ1v) is 7.99. The standard InChI is InChI=1S/C13H18F3NO3S/c1-2-3-8-17(9-10-18)11-4-6-12(7-5-11)21(19,20)13(14,15)16/h4-7,18H,2-3,8-10H2,1H3. The molecular formula is C13H18F3NO3S. The molecule has 120 valence electrons. The molecule has 0 aliphatic rings. The van der Waals surface area contributed by atoms with Gasteiger partial charge in [-0.2, -0.15) is 13.2 Å². The van der Waals surface area contributed by atoms with Crippen LogP contribution in [0.1, 0.15) is 19.8 Å². The van der Waals surface area contributed by atoms with Gasteiger partial charge in [-0.15, -0.1) is 0 Å². The number of hydrogen-bond acceptors (Lipinski definition) is 4. The van der Waals surface area contributed by atoms with Crippen LogP contribution in [0.3, 0.4) is 0 Å². The van der Waals surface area contributed by atoms with Crippen molar-refractivity contribution < 1.29 is 26.7 Å². The molecule has 1 aromatic carbocycles. The van der Waals surface area contributed by atoms with E-state index in [0.29, 0.717) is 18.8 Å². The Hall–Kier alpha value is -1.28. The molecule has 0 bridgehead atoms. The largest absolute Gasteiger partial charge is 0.501 e. The minimum atomic E-state index is -5.32. The number of halogens is 3. The van der Waals surface area contributed by atoms with Crippen molar-refractivity contribution in [1.82, 2.24) is 0 Å². The summed E-state index contributed by atoms with van der Waals surface area (Å²) in [6, 6.07) is 4.52. The molecule has 0 aliphatic carbocycles. The van der Waals surface area contributed by atoms with Gasteiger partial charge in [-0.25, -0.2) is 8.42 Å². The van der Waals surface area contributed by atoms with Crippen LogP contribution in [0, 0.1) is 0 Å². The molecule has 0 unspecified atom stereocenters. The maximum Gasteiger partial charge on any atom is 0.501 e. The third kappa shape index (κ3) is 4.34. The zero-order valence-corrected chi connectivity index (χ0v) is 12.4. The summed E-state index contributed by atoms with van der Waals surface area (Å²) < 4.78 is 59.8. The van der Waals surface area contributed by atoms with E-state index in [9.17, 15) is 21.6 Å². The Bertz CT molecular complexity index is 541. The summed E-state index contributed by atoms with van der Waals surface area (Å²) >= 11 is 0. The molecule has 0 atom stereocenters. The monoisotopic (exact) mass is 325 g/mol. The van der Waals surface area contributed by atoms with E-state index in [0.717, 1.165) is 25.0 Å². The fourth-order valence-corrected chi connectivity index (χ4v) is 2.57. The predicted molar refractivity (Wildman–Crippen MR) is 73.9 cm³/mol. The minimum Gasteiger partial charge on any atom is -0.395 e. The van der Waals surface area contributed by atoms with Crippen molar-refractivity contribution in [3.05, 3.63) is 24.3 Å². The first-order chi connectivity index (χ1) is 9.74. The molecule has 0 fully saturated rings. The number of nitrogens with zero attached hydrogens (tertiary/aromatic N) is 1. The van der Waals surface area contributed by atoms with Gasteiger partial charge in [-0.3, -0.25) is 0 Å². The molecule has 1 N–H and O–H groups in total. The fraction of sp³-hybridized carbons (Fsp3) is 0.538. The molecule has 0 aliphatic heterocycles. The molecular weight excluding hydrogens is 307 g/mol. The molecule has 0 amide bonds. The predicted octanol–water partition coefficient (Wildman–Crippen LogP) is 2.58. The lowest BCUT2D eigenvalue weighted by molar-refractivity contribution is -0.0436. The maximum absolute atomic E-state index is 12.4. The molecule has 4 nitrogen and oxygen atoms in total. The average Bonchev–Trinajstić information content (AvgIpc) is 2.42. The van der Waals surface area contributed by atoms with E-state index in [1.807, 2.05) is 6.92 Å². The lowest BCUT2D eigenvalue weighted by atomic mass is 10.2. The summed E-state index contributed by atoms with van der Waals surface area (Å²) in [5, 5.41) is 9.00. The van der Waals surface area contributed by atoms with Gasteiger partial charge in [-0.1, -0.05) is 13.3 Å². The van der Waals surface area contributed by atoms with E-state index < -0.39 is 20.2 Å². The first kappa shape index (κ1) is 17.8. The van der Waals surface area contributed by atoms with Crippen LogP contribution in [0.2, 0.25) is 0 Å².